The van der Waals surface area contributed by atoms with Crippen molar-refractivity contribution < 1.29 is 17.9 Å². The maximum absolute atomic E-state index is 12.3. The molecule has 0 unspecified atom stereocenters. The van der Waals surface area contributed by atoms with E-state index in [1.54, 1.807) is 30.3 Å². The van der Waals surface area contributed by atoms with Crippen LogP contribution in [0.1, 0.15) is 26.2 Å². The topological polar surface area (TPSA) is 84.5 Å². The van der Waals surface area contributed by atoms with Crippen LogP contribution in [0.3, 0.4) is 0 Å². The number of nitrogens with one attached hydrogen (secondary N) is 2. The number of carbonyl (C=O) groups excluding carboxylic acids is 1. The zero-order valence-corrected chi connectivity index (χ0v) is 14.9. The summed E-state index contributed by atoms with van der Waals surface area (Å²) in [7, 11) is -3.67. The second kappa shape index (κ2) is 9.08. The van der Waals surface area contributed by atoms with Gasteiger partial charge in [0.25, 0.3) is 10.0 Å². The van der Waals surface area contributed by atoms with Gasteiger partial charge in [0.1, 0.15) is 0 Å². The van der Waals surface area contributed by atoms with E-state index in [1.165, 1.54) is 24.3 Å². The Balaban J connectivity index is 1.93. The summed E-state index contributed by atoms with van der Waals surface area (Å²) in [5, 5.41) is 2.57. The van der Waals surface area contributed by atoms with Crippen LogP contribution < -0.4 is 10.0 Å². The van der Waals surface area contributed by atoms with Crippen LogP contribution in [0.25, 0.3) is 0 Å². The summed E-state index contributed by atoms with van der Waals surface area (Å²) in [5.74, 6) is 0. The van der Waals surface area contributed by atoms with Crippen LogP contribution in [0.4, 0.5) is 16.2 Å². The molecule has 6 nitrogen and oxygen atoms in total. The molecule has 0 radical (unpaired) electrons. The number of anilines is 2. The van der Waals surface area contributed by atoms with Gasteiger partial charge >= 0.3 is 6.09 Å². The number of rotatable bonds is 8. The van der Waals surface area contributed by atoms with Crippen molar-refractivity contribution in [3.63, 3.8) is 0 Å². The number of para-hydroxylation sites is 1. The average Bonchev–Trinajstić information content (AvgIpc) is 2.60. The Bertz CT molecular complexity index is 774. The largest absolute Gasteiger partial charge is 0.449 e. The summed E-state index contributed by atoms with van der Waals surface area (Å²) in [5.41, 5.74) is 0.958. The van der Waals surface area contributed by atoms with E-state index in [4.69, 9.17) is 4.74 Å². The quantitative estimate of drug-likeness (QED) is 0.688. The van der Waals surface area contributed by atoms with Crippen molar-refractivity contribution in [2.75, 3.05) is 16.6 Å². The Morgan fingerprint density at radius 3 is 2.28 bits per heavy atom. The summed E-state index contributed by atoms with van der Waals surface area (Å²) < 4.78 is 32.2. The Kier molecular flexibility index (Phi) is 6.82. The van der Waals surface area contributed by atoms with E-state index >= 15 is 0 Å². The van der Waals surface area contributed by atoms with Gasteiger partial charge < -0.3 is 4.74 Å². The molecule has 0 saturated carbocycles. The van der Waals surface area contributed by atoms with E-state index in [9.17, 15) is 13.2 Å². The molecule has 134 valence electrons. The van der Waals surface area contributed by atoms with Crippen LogP contribution in [-0.4, -0.2) is 21.1 Å². The van der Waals surface area contributed by atoms with Gasteiger partial charge in [0, 0.05) is 11.4 Å². The number of sulfonamides is 1. The molecule has 2 N–H and O–H groups in total. The zero-order valence-electron chi connectivity index (χ0n) is 14.1. The smallest absolute Gasteiger partial charge is 0.411 e. The number of amides is 1. The number of hydrogen-bond acceptors (Lipinski definition) is 4. The molecule has 0 heterocycles. The van der Waals surface area contributed by atoms with Gasteiger partial charge in [0.05, 0.1) is 11.5 Å². The molecule has 0 aliphatic heterocycles. The van der Waals surface area contributed by atoms with E-state index in [0.29, 0.717) is 18.0 Å². The Morgan fingerprint density at radius 2 is 1.64 bits per heavy atom. The van der Waals surface area contributed by atoms with E-state index in [2.05, 4.69) is 17.0 Å². The second-order valence-electron chi connectivity index (χ2n) is 5.46. The van der Waals surface area contributed by atoms with Crippen LogP contribution in [0, 0.1) is 0 Å². The third kappa shape index (κ3) is 6.11. The Hall–Kier alpha value is -2.54. The molecule has 25 heavy (non-hydrogen) atoms. The molecule has 1 amide bonds. The maximum Gasteiger partial charge on any atom is 0.411 e. The van der Waals surface area contributed by atoms with E-state index < -0.39 is 16.1 Å². The molecule has 0 atom stereocenters. The van der Waals surface area contributed by atoms with Gasteiger partial charge in [0.2, 0.25) is 0 Å². The van der Waals surface area contributed by atoms with Gasteiger partial charge in [-0.3, -0.25) is 10.0 Å². The highest BCUT2D eigenvalue weighted by Gasteiger charge is 2.14. The standard InChI is InChI=1S/C18H22N2O4S/c1-2-3-7-14-24-18(21)19-15-10-12-17(13-11-15)25(22,23)20-16-8-5-4-6-9-16/h4-6,8-13,20H,2-3,7,14H2,1H3,(H,19,21). The van der Waals surface area contributed by atoms with Crippen molar-refractivity contribution in [2.45, 2.75) is 31.1 Å². The van der Waals surface area contributed by atoms with Gasteiger partial charge in [-0.25, -0.2) is 13.2 Å². The minimum atomic E-state index is -3.67. The molecular weight excluding hydrogens is 340 g/mol. The number of hydrogen-bond donors (Lipinski definition) is 2. The number of benzene rings is 2. The van der Waals surface area contributed by atoms with Crippen molar-refractivity contribution >= 4 is 27.5 Å². The van der Waals surface area contributed by atoms with E-state index in [-0.39, 0.29) is 4.90 Å². The molecule has 2 rings (SSSR count). The molecule has 0 bridgehead atoms. The van der Waals surface area contributed by atoms with Crippen LogP contribution in [0.2, 0.25) is 0 Å². The van der Waals surface area contributed by atoms with Crippen molar-refractivity contribution in [3.8, 4) is 0 Å². The maximum atomic E-state index is 12.3. The van der Waals surface area contributed by atoms with Gasteiger partial charge in [-0.15, -0.1) is 0 Å². The molecule has 0 aliphatic carbocycles. The highest BCUT2D eigenvalue weighted by molar-refractivity contribution is 7.92. The first-order chi connectivity index (χ1) is 12.0. The van der Waals surface area contributed by atoms with Crippen LogP contribution in [0.5, 0.6) is 0 Å². The number of ether oxygens (including phenoxy) is 1. The summed E-state index contributed by atoms with van der Waals surface area (Å²) in [4.78, 5) is 11.7. The molecule has 7 heteroatoms. The lowest BCUT2D eigenvalue weighted by Gasteiger charge is -2.09. The average molecular weight is 362 g/mol. The molecule has 2 aromatic rings. The highest BCUT2D eigenvalue weighted by Crippen LogP contribution is 2.18. The molecule has 0 aromatic heterocycles. The first-order valence-corrected chi connectivity index (χ1v) is 9.61. The minimum Gasteiger partial charge on any atom is -0.449 e. The van der Waals surface area contributed by atoms with Crippen LogP contribution in [0.15, 0.2) is 59.5 Å². The molecule has 0 fully saturated rings. The monoisotopic (exact) mass is 362 g/mol. The summed E-state index contributed by atoms with van der Waals surface area (Å²) in [6.07, 6.45) is 2.34. The first-order valence-electron chi connectivity index (χ1n) is 8.13. The summed E-state index contributed by atoms with van der Waals surface area (Å²) >= 11 is 0. The van der Waals surface area contributed by atoms with Gasteiger partial charge in [0.15, 0.2) is 0 Å². The van der Waals surface area contributed by atoms with Crippen molar-refractivity contribution in [3.05, 3.63) is 54.6 Å². The minimum absolute atomic E-state index is 0.109. The molecule has 2 aromatic carbocycles. The number of carbonyl (C=O) groups is 1. The lowest BCUT2D eigenvalue weighted by atomic mass is 10.3. The fourth-order valence-corrected chi connectivity index (χ4v) is 3.17. The zero-order chi connectivity index (χ0) is 18.1. The van der Waals surface area contributed by atoms with Gasteiger partial charge in [-0.2, -0.15) is 0 Å². The number of unbranched alkanes of at least 4 members (excludes halogenated alkanes) is 2. The SMILES string of the molecule is CCCCCOC(=O)Nc1ccc(S(=O)(=O)Nc2ccccc2)cc1. The van der Waals surface area contributed by atoms with E-state index in [0.717, 1.165) is 19.3 Å². The summed E-state index contributed by atoms with van der Waals surface area (Å²) in [6, 6.07) is 14.5. The van der Waals surface area contributed by atoms with Crippen molar-refractivity contribution in [2.24, 2.45) is 0 Å². The third-order valence-corrected chi connectivity index (χ3v) is 4.82. The van der Waals surface area contributed by atoms with Gasteiger partial charge in [-0.05, 0) is 42.8 Å². The van der Waals surface area contributed by atoms with Gasteiger partial charge in [-0.1, -0.05) is 38.0 Å². The third-order valence-electron chi connectivity index (χ3n) is 3.42. The first kappa shape index (κ1) is 18.8. The van der Waals surface area contributed by atoms with Crippen molar-refractivity contribution in [1.82, 2.24) is 0 Å². The fourth-order valence-electron chi connectivity index (χ4n) is 2.11. The highest BCUT2D eigenvalue weighted by atomic mass is 32.2. The van der Waals surface area contributed by atoms with E-state index in [1.807, 2.05) is 0 Å². The second-order valence-corrected chi connectivity index (χ2v) is 7.15. The lowest BCUT2D eigenvalue weighted by molar-refractivity contribution is 0.159. The van der Waals surface area contributed by atoms with Crippen LogP contribution >= 0.6 is 0 Å². The molecular formula is C18H22N2O4S. The normalized spacial score (nSPS) is 10.9. The Labute approximate surface area is 148 Å². The Morgan fingerprint density at radius 1 is 0.960 bits per heavy atom. The van der Waals surface area contributed by atoms with Crippen LogP contribution in [-0.2, 0) is 14.8 Å². The van der Waals surface area contributed by atoms with Crippen molar-refractivity contribution in [1.29, 1.82) is 0 Å². The predicted octanol–water partition coefficient (Wildman–Crippen LogP) is 4.23. The fraction of sp³-hybridized carbons (Fsp3) is 0.278. The molecule has 0 saturated heterocycles. The predicted molar refractivity (Wildman–Crippen MR) is 98.2 cm³/mol. The summed E-state index contributed by atoms with van der Waals surface area (Å²) in [6.45, 7) is 2.44. The molecule has 0 spiro atoms. The lowest BCUT2D eigenvalue weighted by Crippen LogP contribution is -2.15. The molecule has 0 aliphatic rings.